The van der Waals surface area contributed by atoms with Crippen molar-refractivity contribution in [1.82, 2.24) is 10.3 Å². The topological polar surface area (TPSA) is 112 Å². The molecule has 10 heteroatoms. The van der Waals surface area contributed by atoms with Crippen LogP contribution in [0.25, 0.3) is 10.4 Å². The minimum absolute atomic E-state index is 0.000662. The van der Waals surface area contributed by atoms with Crippen molar-refractivity contribution in [3.05, 3.63) is 35.0 Å². The Kier molecular flexibility index (Phi) is 7.42. The number of rotatable bonds is 6. The van der Waals surface area contributed by atoms with Crippen LogP contribution in [0.15, 0.2) is 24.3 Å². The average Bonchev–Trinajstić information content (AvgIpc) is 3.60. The van der Waals surface area contributed by atoms with E-state index in [2.05, 4.69) is 40.6 Å². The molecule has 4 aliphatic rings. The van der Waals surface area contributed by atoms with Gasteiger partial charge in [-0.05, 0) is 56.2 Å². The third-order valence-corrected chi connectivity index (χ3v) is 11.8. The van der Waals surface area contributed by atoms with E-state index in [0.29, 0.717) is 19.0 Å². The fourth-order valence-corrected chi connectivity index (χ4v) is 8.72. The van der Waals surface area contributed by atoms with Gasteiger partial charge in [0.1, 0.15) is 5.54 Å². The van der Waals surface area contributed by atoms with Crippen molar-refractivity contribution >= 4 is 32.8 Å². The molecule has 2 aromatic rings. The van der Waals surface area contributed by atoms with Crippen LogP contribution in [-0.4, -0.2) is 62.7 Å². The monoisotopic (exact) mass is 568 g/mol. The van der Waals surface area contributed by atoms with E-state index < -0.39 is 15.4 Å². The molecule has 2 aliphatic carbocycles. The highest BCUT2D eigenvalue weighted by Crippen LogP contribution is 2.47. The summed E-state index contributed by atoms with van der Waals surface area (Å²) in [5.41, 5.74) is 2.49. The van der Waals surface area contributed by atoms with Gasteiger partial charge >= 0.3 is 0 Å². The minimum atomic E-state index is -2.93. The van der Waals surface area contributed by atoms with Crippen LogP contribution in [0.2, 0.25) is 0 Å². The van der Waals surface area contributed by atoms with E-state index in [1.165, 1.54) is 0 Å². The highest BCUT2D eigenvalue weighted by atomic mass is 32.2. The molecule has 2 saturated carbocycles. The van der Waals surface area contributed by atoms with Crippen molar-refractivity contribution < 1.29 is 17.9 Å². The molecule has 2 atom stereocenters. The number of nitriles is 1. The Bertz CT molecular complexity index is 1340. The lowest BCUT2D eigenvalue weighted by Crippen LogP contribution is -2.42. The number of ether oxygens (including phenoxy) is 1. The Morgan fingerprint density at radius 2 is 1.77 bits per heavy atom. The number of sulfone groups is 1. The SMILES string of the molecule is N#CC1(NC(=O)[C@@H]2CCCC[C@H]2c2nc(C3CCOCC3)sc2-c2ccc(N3CCS(=O)(=O)CC3)cc2)CC1. The Hall–Kier alpha value is -2.48. The fraction of sp³-hybridized carbons (Fsp3) is 0.621. The van der Waals surface area contributed by atoms with Crippen molar-refractivity contribution in [2.45, 2.75) is 68.7 Å². The van der Waals surface area contributed by atoms with Crippen LogP contribution in [0.5, 0.6) is 0 Å². The van der Waals surface area contributed by atoms with Gasteiger partial charge in [0.05, 0.1) is 33.2 Å². The predicted octanol–water partition coefficient (Wildman–Crippen LogP) is 4.39. The van der Waals surface area contributed by atoms with Gasteiger partial charge < -0.3 is 15.0 Å². The van der Waals surface area contributed by atoms with Crippen LogP contribution in [0.3, 0.4) is 0 Å². The molecule has 1 aromatic carbocycles. The molecule has 1 amide bonds. The first-order valence-electron chi connectivity index (χ1n) is 14.2. The van der Waals surface area contributed by atoms with Crippen LogP contribution in [0.1, 0.15) is 73.9 Å². The first-order valence-corrected chi connectivity index (χ1v) is 16.9. The van der Waals surface area contributed by atoms with Gasteiger partial charge in [-0.15, -0.1) is 11.3 Å². The number of benzene rings is 1. The Morgan fingerprint density at radius 3 is 2.44 bits per heavy atom. The molecule has 0 bridgehead atoms. The number of thiazole rings is 1. The summed E-state index contributed by atoms with van der Waals surface area (Å²) in [6.45, 7) is 2.54. The van der Waals surface area contributed by atoms with Gasteiger partial charge in [-0.2, -0.15) is 5.26 Å². The Labute approximate surface area is 234 Å². The fourth-order valence-electron chi connectivity index (χ4n) is 6.21. The summed E-state index contributed by atoms with van der Waals surface area (Å²) >= 11 is 1.75. The molecule has 1 aromatic heterocycles. The Morgan fingerprint density at radius 1 is 1.08 bits per heavy atom. The quantitative estimate of drug-likeness (QED) is 0.550. The summed E-state index contributed by atoms with van der Waals surface area (Å²) in [7, 11) is -2.93. The molecule has 8 nitrogen and oxygen atoms in total. The molecular formula is C29H36N4O4S2. The minimum Gasteiger partial charge on any atom is -0.381 e. The van der Waals surface area contributed by atoms with Gasteiger partial charge in [0, 0.05) is 49.7 Å². The maximum Gasteiger partial charge on any atom is 0.225 e. The second-order valence-electron chi connectivity index (χ2n) is 11.5. The molecule has 0 unspecified atom stereocenters. The first-order chi connectivity index (χ1) is 18.9. The molecule has 2 aliphatic heterocycles. The average molecular weight is 569 g/mol. The summed E-state index contributed by atoms with van der Waals surface area (Å²) in [4.78, 5) is 22.0. The molecule has 1 N–H and O–H groups in total. The summed E-state index contributed by atoms with van der Waals surface area (Å²) in [6, 6.07) is 10.7. The summed E-state index contributed by atoms with van der Waals surface area (Å²) in [6.07, 6.45) is 7.21. The van der Waals surface area contributed by atoms with Crippen molar-refractivity contribution in [2.24, 2.45) is 5.92 Å². The number of anilines is 1. The third kappa shape index (κ3) is 5.72. The van der Waals surface area contributed by atoms with Crippen molar-refractivity contribution in [3.8, 4) is 16.5 Å². The Balaban J connectivity index is 1.31. The smallest absolute Gasteiger partial charge is 0.225 e. The number of hydrogen-bond donors (Lipinski definition) is 1. The molecule has 3 heterocycles. The van der Waals surface area contributed by atoms with E-state index in [0.717, 1.165) is 91.4 Å². The zero-order valence-corrected chi connectivity index (χ0v) is 23.9. The second-order valence-corrected chi connectivity index (χ2v) is 14.9. The maximum absolute atomic E-state index is 13.5. The normalized spacial score (nSPS) is 26.5. The highest BCUT2D eigenvalue weighted by Gasteiger charge is 2.47. The number of carbonyl (C=O) groups excluding carboxylic acids is 1. The van der Waals surface area contributed by atoms with E-state index in [1.807, 2.05) is 0 Å². The van der Waals surface area contributed by atoms with Gasteiger partial charge in [-0.25, -0.2) is 13.4 Å². The van der Waals surface area contributed by atoms with Crippen LogP contribution in [0, 0.1) is 17.2 Å². The molecule has 0 spiro atoms. The van der Waals surface area contributed by atoms with Crippen molar-refractivity contribution in [1.29, 1.82) is 5.26 Å². The van der Waals surface area contributed by atoms with E-state index >= 15 is 0 Å². The third-order valence-electron chi connectivity index (χ3n) is 8.86. The van der Waals surface area contributed by atoms with E-state index in [9.17, 15) is 18.5 Å². The lowest BCUT2D eigenvalue weighted by molar-refractivity contribution is -0.127. The van der Waals surface area contributed by atoms with Gasteiger partial charge in [0.2, 0.25) is 5.91 Å². The van der Waals surface area contributed by atoms with E-state index in [-0.39, 0.29) is 29.2 Å². The molecule has 208 valence electrons. The zero-order valence-electron chi connectivity index (χ0n) is 22.2. The van der Waals surface area contributed by atoms with Crippen LogP contribution in [-0.2, 0) is 19.4 Å². The largest absolute Gasteiger partial charge is 0.381 e. The highest BCUT2D eigenvalue weighted by molar-refractivity contribution is 7.91. The summed E-state index contributed by atoms with van der Waals surface area (Å²) in [5, 5.41) is 13.8. The van der Waals surface area contributed by atoms with Gasteiger partial charge in [-0.3, -0.25) is 4.79 Å². The number of hydrogen-bond acceptors (Lipinski definition) is 8. The number of aromatic nitrogens is 1. The second kappa shape index (κ2) is 10.8. The van der Waals surface area contributed by atoms with E-state index in [4.69, 9.17) is 9.72 Å². The van der Waals surface area contributed by atoms with Crippen molar-refractivity contribution in [2.75, 3.05) is 42.7 Å². The van der Waals surface area contributed by atoms with Crippen LogP contribution >= 0.6 is 11.3 Å². The number of carbonyl (C=O) groups is 1. The summed E-state index contributed by atoms with van der Waals surface area (Å²) in [5.74, 6) is 0.610. The van der Waals surface area contributed by atoms with Gasteiger partial charge in [0.15, 0.2) is 9.84 Å². The molecule has 0 radical (unpaired) electrons. The molecule has 2 saturated heterocycles. The van der Waals surface area contributed by atoms with Crippen molar-refractivity contribution in [3.63, 3.8) is 0 Å². The standard InChI is InChI=1S/C29H36N4O4S2/c30-19-29(11-12-29)32-27(34)24-4-2-1-3-23(24)25-26(38-28(31-25)21-9-15-37-16-10-21)20-5-7-22(8-6-20)33-13-17-39(35,36)18-14-33/h5-8,21,23-24H,1-4,9-18H2,(H,32,34)/t23-,24-/m1/s1. The number of nitrogens with one attached hydrogen (secondary N) is 1. The lowest BCUT2D eigenvalue weighted by Gasteiger charge is -2.31. The lowest BCUT2D eigenvalue weighted by atomic mass is 9.76. The molecule has 6 rings (SSSR count). The van der Waals surface area contributed by atoms with Gasteiger partial charge in [-0.1, -0.05) is 25.0 Å². The maximum atomic E-state index is 13.5. The van der Waals surface area contributed by atoms with Crippen LogP contribution < -0.4 is 10.2 Å². The molecule has 39 heavy (non-hydrogen) atoms. The van der Waals surface area contributed by atoms with Crippen LogP contribution in [0.4, 0.5) is 5.69 Å². The van der Waals surface area contributed by atoms with E-state index in [1.54, 1.807) is 11.3 Å². The number of nitrogens with zero attached hydrogens (tertiary/aromatic N) is 3. The first kappa shape index (κ1) is 26.7. The number of amides is 1. The molecular weight excluding hydrogens is 532 g/mol. The zero-order chi connectivity index (χ0) is 27.0. The predicted molar refractivity (Wildman–Crippen MR) is 152 cm³/mol. The molecule has 4 fully saturated rings. The summed E-state index contributed by atoms with van der Waals surface area (Å²) < 4.78 is 29.4. The van der Waals surface area contributed by atoms with Gasteiger partial charge in [0.25, 0.3) is 0 Å².